The molecule has 1 unspecified atom stereocenters. The van der Waals surface area contributed by atoms with Crippen molar-refractivity contribution in [2.24, 2.45) is 0 Å². The monoisotopic (exact) mass is 571 g/mol. The Morgan fingerprint density at radius 2 is 1.68 bits per heavy atom. The van der Waals surface area contributed by atoms with Crippen LogP contribution in [-0.2, 0) is 29.3 Å². The van der Waals surface area contributed by atoms with Crippen LogP contribution in [0.25, 0.3) is 5.65 Å². The van der Waals surface area contributed by atoms with Gasteiger partial charge in [-0.25, -0.2) is 12.9 Å². The van der Waals surface area contributed by atoms with Gasteiger partial charge in [0.1, 0.15) is 5.75 Å². The Balaban J connectivity index is 1.27. The summed E-state index contributed by atoms with van der Waals surface area (Å²) in [5.74, 6) is 2.45. The summed E-state index contributed by atoms with van der Waals surface area (Å²) in [6.07, 6.45) is 4.49. The Bertz CT molecular complexity index is 1750. The summed E-state index contributed by atoms with van der Waals surface area (Å²) in [5, 5.41) is 12.4. The summed E-state index contributed by atoms with van der Waals surface area (Å²) in [6.45, 7) is 8.50. The van der Waals surface area contributed by atoms with Gasteiger partial charge in [-0.15, -0.1) is 10.2 Å². The molecule has 2 heterocycles. The van der Waals surface area contributed by atoms with Crippen molar-refractivity contribution in [3.8, 4) is 11.5 Å². The van der Waals surface area contributed by atoms with E-state index in [9.17, 15) is 8.42 Å². The molecule has 0 spiro atoms. The van der Waals surface area contributed by atoms with E-state index >= 15 is 0 Å². The number of anilines is 1. The Morgan fingerprint density at radius 3 is 2.37 bits per heavy atom. The molecular weight excluding hydrogens is 534 g/mol. The van der Waals surface area contributed by atoms with Crippen molar-refractivity contribution >= 4 is 21.4 Å². The van der Waals surface area contributed by atoms with Crippen LogP contribution in [0.4, 0.5) is 5.69 Å². The van der Waals surface area contributed by atoms with Crippen molar-refractivity contribution < 1.29 is 13.2 Å². The predicted molar refractivity (Wildman–Crippen MR) is 164 cm³/mol. The average Bonchev–Trinajstić information content (AvgIpc) is 3.50. The number of aromatic nitrogens is 4. The van der Waals surface area contributed by atoms with Gasteiger partial charge in [0.2, 0.25) is 15.7 Å². The highest BCUT2D eigenvalue weighted by Crippen LogP contribution is 2.32. The largest absolute Gasteiger partial charge is 0.451 e. The van der Waals surface area contributed by atoms with Gasteiger partial charge in [0, 0.05) is 11.6 Å². The fourth-order valence-electron chi connectivity index (χ4n) is 5.01. The molecule has 0 bridgehead atoms. The van der Waals surface area contributed by atoms with Gasteiger partial charge in [0.15, 0.2) is 11.6 Å². The normalized spacial score (nSPS) is 12.5. The van der Waals surface area contributed by atoms with E-state index in [4.69, 9.17) is 4.74 Å². The molecule has 5 aromatic rings. The smallest absolute Gasteiger partial charge is 0.229 e. The second-order valence-electron chi connectivity index (χ2n) is 10.9. The number of benzene rings is 3. The third-order valence-corrected chi connectivity index (χ3v) is 7.98. The third-order valence-electron chi connectivity index (χ3n) is 7.37. The van der Waals surface area contributed by atoms with Gasteiger partial charge in [-0.05, 0) is 86.1 Å². The van der Waals surface area contributed by atoms with E-state index in [0.29, 0.717) is 17.1 Å². The minimum Gasteiger partial charge on any atom is -0.451 e. The van der Waals surface area contributed by atoms with E-state index < -0.39 is 10.0 Å². The Morgan fingerprint density at radius 1 is 0.976 bits per heavy atom. The molecule has 41 heavy (non-hydrogen) atoms. The van der Waals surface area contributed by atoms with Crippen molar-refractivity contribution in [1.82, 2.24) is 19.8 Å². The molecule has 0 aliphatic heterocycles. The fourth-order valence-corrected chi connectivity index (χ4v) is 5.57. The summed E-state index contributed by atoms with van der Waals surface area (Å²) in [6, 6.07) is 22.3. The van der Waals surface area contributed by atoms with Crippen molar-refractivity contribution in [2.75, 3.05) is 11.0 Å². The van der Waals surface area contributed by atoms with Gasteiger partial charge >= 0.3 is 0 Å². The van der Waals surface area contributed by atoms with Crippen LogP contribution in [0, 0.1) is 13.8 Å². The van der Waals surface area contributed by atoms with Crippen LogP contribution in [0.15, 0.2) is 66.7 Å². The van der Waals surface area contributed by atoms with Crippen LogP contribution < -0.4 is 9.46 Å². The third kappa shape index (κ3) is 6.79. The van der Waals surface area contributed by atoms with Crippen LogP contribution in [0.1, 0.15) is 65.5 Å². The Labute approximate surface area is 241 Å². The van der Waals surface area contributed by atoms with E-state index in [1.807, 2.05) is 28.8 Å². The molecule has 2 N–H and O–H groups in total. The minimum atomic E-state index is -3.29. The van der Waals surface area contributed by atoms with Crippen LogP contribution in [0.5, 0.6) is 11.5 Å². The van der Waals surface area contributed by atoms with Crippen LogP contribution in [-0.4, -0.2) is 34.5 Å². The number of aryl methyl sites for hydroxylation is 4. The summed E-state index contributed by atoms with van der Waals surface area (Å²) in [4.78, 5) is 0. The number of hydrogen-bond acceptors (Lipinski definition) is 5. The van der Waals surface area contributed by atoms with Crippen molar-refractivity contribution in [1.29, 1.82) is 0 Å². The zero-order valence-electron chi connectivity index (χ0n) is 24.2. The van der Waals surface area contributed by atoms with Gasteiger partial charge < -0.3 is 4.74 Å². The SMILES string of the molecule is CCc1[nH]n2c(C(C)CCc3ccc(NS(C)(=O)=O)cc3)nnc2c1Oc1ccc(Cc2cc(C)ccc2C)cc1. The molecule has 2 aromatic heterocycles. The molecule has 9 heteroatoms. The first-order valence-corrected chi connectivity index (χ1v) is 15.8. The number of ether oxygens (including phenoxy) is 1. The molecule has 0 saturated carbocycles. The lowest BCUT2D eigenvalue weighted by molar-refractivity contribution is 0.480. The van der Waals surface area contributed by atoms with Gasteiger partial charge in [-0.1, -0.05) is 61.9 Å². The topological polar surface area (TPSA) is 101 Å². The molecule has 1 atom stereocenters. The van der Waals surface area contributed by atoms with E-state index in [-0.39, 0.29) is 5.92 Å². The first-order valence-electron chi connectivity index (χ1n) is 13.9. The molecule has 0 fully saturated rings. The summed E-state index contributed by atoms with van der Waals surface area (Å²) in [5.41, 5.74) is 8.49. The molecule has 0 aliphatic carbocycles. The van der Waals surface area contributed by atoms with Crippen molar-refractivity contribution in [3.05, 3.63) is 106 Å². The maximum absolute atomic E-state index is 11.4. The molecule has 0 aliphatic rings. The summed E-state index contributed by atoms with van der Waals surface area (Å²) >= 11 is 0. The lowest BCUT2D eigenvalue weighted by Gasteiger charge is -2.10. The predicted octanol–water partition coefficient (Wildman–Crippen LogP) is 6.73. The standard InChI is InChI=1S/C32H37N5O3S/c1-6-29-30(40-28-17-13-25(14-18-28)20-26-19-21(2)7-8-22(26)3)32-34-33-31(37(32)35-29)23(4)9-10-24-11-15-27(16-12-24)36-41(5,38)39/h7-8,11-19,23,35-36H,6,9-10,20H2,1-5H3. The van der Waals surface area contributed by atoms with Crippen molar-refractivity contribution in [3.63, 3.8) is 0 Å². The number of nitrogens with zero attached hydrogens (tertiary/aromatic N) is 3. The highest BCUT2D eigenvalue weighted by Gasteiger charge is 2.21. The molecular formula is C32H37N5O3S. The number of fused-ring (bicyclic) bond motifs is 1. The maximum Gasteiger partial charge on any atom is 0.229 e. The fraction of sp³-hybridized carbons (Fsp3) is 0.312. The zero-order valence-corrected chi connectivity index (χ0v) is 25.0. The van der Waals surface area contributed by atoms with Crippen LogP contribution in [0.3, 0.4) is 0 Å². The lowest BCUT2D eigenvalue weighted by Crippen LogP contribution is -2.09. The molecule has 0 saturated heterocycles. The second kappa shape index (κ2) is 11.8. The first-order chi connectivity index (χ1) is 19.6. The number of nitrogens with one attached hydrogen (secondary N) is 2. The second-order valence-corrected chi connectivity index (χ2v) is 12.6. The molecule has 0 amide bonds. The Hall–Kier alpha value is -4.11. The van der Waals surface area contributed by atoms with Gasteiger partial charge in [-0.2, -0.15) is 0 Å². The molecule has 214 valence electrons. The van der Waals surface area contributed by atoms with Gasteiger partial charge in [-0.3, -0.25) is 9.82 Å². The molecule has 5 rings (SSSR count). The number of sulfonamides is 1. The van der Waals surface area contributed by atoms with E-state index in [2.05, 4.69) is 78.0 Å². The van der Waals surface area contributed by atoms with Gasteiger partial charge in [0.05, 0.1) is 11.9 Å². The quantitative estimate of drug-likeness (QED) is 0.183. The minimum absolute atomic E-state index is 0.138. The average molecular weight is 572 g/mol. The highest BCUT2D eigenvalue weighted by molar-refractivity contribution is 7.92. The van der Waals surface area contributed by atoms with Gasteiger partial charge in [0.25, 0.3) is 0 Å². The molecule has 0 radical (unpaired) electrons. The number of H-pyrrole nitrogens is 1. The lowest BCUT2D eigenvalue weighted by atomic mass is 9.99. The number of hydrogen-bond donors (Lipinski definition) is 2. The Kier molecular flexibility index (Phi) is 8.17. The van der Waals surface area contributed by atoms with E-state index in [0.717, 1.165) is 54.8 Å². The van der Waals surface area contributed by atoms with Crippen LogP contribution in [0.2, 0.25) is 0 Å². The highest BCUT2D eigenvalue weighted by atomic mass is 32.2. The molecule has 3 aromatic carbocycles. The zero-order chi connectivity index (χ0) is 29.1. The van der Waals surface area contributed by atoms with E-state index in [1.165, 1.54) is 22.3 Å². The first kappa shape index (κ1) is 28.4. The number of aromatic amines is 1. The van der Waals surface area contributed by atoms with Crippen molar-refractivity contribution in [2.45, 2.75) is 59.3 Å². The molecule has 8 nitrogen and oxygen atoms in total. The maximum atomic E-state index is 11.4. The summed E-state index contributed by atoms with van der Waals surface area (Å²) in [7, 11) is -3.29. The van der Waals surface area contributed by atoms with E-state index in [1.54, 1.807) is 12.1 Å². The van der Waals surface area contributed by atoms with Crippen LogP contribution >= 0.6 is 0 Å². The summed E-state index contributed by atoms with van der Waals surface area (Å²) < 4.78 is 33.7. The number of rotatable bonds is 11.